The number of carbonyl (C=O) groups excluding carboxylic acids is 8. The molecule has 139 heavy (non-hydrogen) atoms. The van der Waals surface area contributed by atoms with Gasteiger partial charge in [-0.05, 0) is 193 Å². The molecule has 0 aromatic carbocycles. The minimum absolute atomic E-state index is 0.0211. The van der Waals surface area contributed by atoms with Crippen molar-refractivity contribution in [3.63, 3.8) is 0 Å². The Labute approximate surface area is 855 Å². The lowest BCUT2D eigenvalue weighted by Gasteiger charge is -2.20. The minimum atomic E-state index is -0.0483. The normalized spacial score (nSPS) is 10.7. The number of aliphatic hydroxyl groups is 7. The second-order valence-corrected chi connectivity index (χ2v) is 36.6. The van der Waals surface area contributed by atoms with Crippen LogP contribution >= 0.6 is 0 Å². The summed E-state index contributed by atoms with van der Waals surface area (Å²) in [4.78, 5) is 99.0. The van der Waals surface area contributed by atoms with Gasteiger partial charge < -0.3 is 76.2 Å². The van der Waals surface area contributed by atoms with Gasteiger partial charge in [0.25, 0.3) is 0 Å². The SMILES string of the molecule is C=CCCCCCCCC(=O)N(C)C.C=CCCCCCCCC(=O)N(CCO)CCO.C=CCCCCCCCC(=O)NCCO.CC/C=C/CCCCCCCC(=O)N(C)C.CC/C=C/CCCCCCCC(=O)N(CCO)CCO.CC/C=C/CCCCCCCC(=O)NCCO.CCCC/C=C/CCCCCCCC(=O)NCCO.CCCCCC/C=C/CCCCCCCC(=O)N(C)C. The lowest BCUT2D eigenvalue weighted by Crippen LogP contribution is -2.35. The molecule has 0 saturated heterocycles. The van der Waals surface area contributed by atoms with Crippen molar-refractivity contribution in [3.05, 3.63) is 98.7 Å². The molecule has 0 spiro atoms. The zero-order valence-electron chi connectivity index (χ0n) is 92.0. The van der Waals surface area contributed by atoms with Gasteiger partial charge in [0.05, 0.1) is 46.2 Å². The molecule has 0 saturated carbocycles. The van der Waals surface area contributed by atoms with Crippen LogP contribution < -0.4 is 16.0 Å². The van der Waals surface area contributed by atoms with E-state index in [0.29, 0.717) is 97.2 Å². The van der Waals surface area contributed by atoms with Crippen LogP contribution in [0.2, 0.25) is 0 Å². The molecule has 0 atom stereocenters. The van der Waals surface area contributed by atoms with Gasteiger partial charge in [0.1, 0.15) is 0 Å². The summed E-state index contributed by atoms with van der Waals surface area (Å²) in [6.45, 7) is 24.3. The number of aliphatic hydroxyl groups excluding tert-OH is 7. The van der Waals surface area contributed by atoms with Gasteiger partial charge in [0, 0.05) is 139 Å². The van der Waals surface area contributed by atoms with Gasteiger partial charge in [-0.3, -0.25) is 38.4 Å². The van der Waals surface area contributed by atoms with Crippen molar-refractivity contribution < 1.29 is 74.1 Å². The molecule has 0 aliphatic rings. The van der Waals surface area contributed by atoms with Crippen LogP contribution in [0.15, 0.2) is 98.7 Å². The molecule has 0 unspecified atom stereocenters. The van der Waals surface area contributed by atoms with Crippen LogP contribution in [0, 0.1) is 0 Å². The molecule has 0 heterocycles. The quantitative estimate of drug-likeness (QED) is 0.0200. The number of carbonyl (C=O) groups is 8. The lowest BCUT2D eigenvalue weighted by atomic mass is 10.1. The number of nitrogens with zero attached hydrogens (tertiary/aromatic N) is 5. The van der Waals surface area contributed by atoms with E-state index >= 15 is 0 Å². The maximum atomic E-state index is 11.8. The first kappa shape index (κ1) is 148. The van der Waals surface area contributed by atoms with Crippen molar-refractivity contribution in [2.24, 2.45) is 0 Å². The number of hydrogen-bond donors (Lipinski definition) is 10. The molecule has 0 fully saturated rings. The smallest absolute Gasteiger partial charge is 0.222 e. The van der Waals surface area contributed by atoms with Gasteiger partial charge in [-0.2, -0.15) is 0 Å². The predicted octanol–water partition coefficient (Wildman–Crippen LogP) is 24.7. The first-order chi connectivity index (χ1) is 67.5. The lowest BCUT2D eigenvalue weighted by molar-refractivity contribution is -0.133. The van der Waals surface area contributed by atoms with Gasteiger partial charge in [-0.15, -0.1) is 19.7 Å². The maximum Gasteiger partial charge on any atom is 0.222 e. The second-order valence-electron chi connectivity index (χ2n) is 36.6. The standard InChI is InChI=1S/C18H35NO.C16H31NO3.C16H31NO2.C14H27NO3.C14H27NO2.C14H27NO.C12H23NO2.C12H23NO/c1-4-5-6-7-8-9-10-11-12-13-14-15-16-17-18(20)19(2)3;1-2-3-4-5-6-7-8-9-10-11-16(20)17(12-14-18)13-15-19;1-2-3-4-5-6-7-8-9-10-11-12-13-16(19)17-14-15-18;1-2-3-4-5-6-7-8-9-14(18)15(10-12-16)11-13-17;1-2-3-4-5-6-7-8-9-10-11-14(17)15-12-13-16;1-4-5-6-7-8-9-10-11-12-13-14(16)15(2)3;1-2-3-4-5-6-7-8-9-12(15)13-10-11-14;1-4-5-6-7-8-9-10-11-12(14)13(2)3/h9-10H,4-8,11-17H2,1-3H3;3-4,18-19H,2,5-15H2,1H3;5-6,18H,2-4,7-15H2,1H3,(H,17,19);2,16-17H,1,3-13H2;3-4,16H,2,5-13H2,1H3,(H,15,17);5-6H,4,7-13H2,1-3H3;2,14H,1,3-11H2,(H,13,15);4H,1,5-11H2,2-3H3/b10-9+;4-3+;6-5+;;4-3+;6-5+;;. The average molecular weight is 1970 g/mol. The maximum absolute atomic E-state index is 11.8. The van der Waals surface area contributed by atoms with E-state index in [9.17, 15) is 38.4 Å². The van der Waals surface area contributed by atoms with Crippen molar-refractivity contribution in [2.45, 2.75) is 465 Å². The average Bonchev–Trinajstić information content (AvgIpc) is 0.954. The summed E-state index contributed by atoms with van der Waals surface area (Å²) in [5, 5.41) is 68.9. The van der Waals surface area contributed by atoms with E-state index < -0.39 is 0 Å². The van der Waals surface area contributed by atoms with E-state index in [0.717, 1.165) is 135 Å². The van der Waals surface area contributed by atoms with Crippen LogP contribution in [0.1, 0.15) is 465 Å². The molecule has 0 aliphatic heterocycles. The fourth-order valence-electron chi connectivity index (χ4n) is 14.0. The predicted molar refractivity (Wildman–Crippen MR) is 592 cm³/mol. The first-order valence-corrected chi connectivity index (χ1v) is 55.8. The Bertz CT molecular complexity index is 2750. The molecule has 23 heteroatoms. The van der Waals surface area contributed by atoms with Crippen molar-refractivity contribution >= 4 is 47.3 Å². The Morgan fingerprint density at radius 2 is 0.381 bits per heavy atom. The summed E-state index contributed by atoms with van der Waals surface area (Å²) in [7, 11) is 10.9. The zero-order chi connectivity index (χ0) is 105. The molecule has 0 radical (unpaired) electrons. The molecule has 0 aromatic rings. The van der Waals surface area contributed by atoms with E-state index in [4.69, 9.17) is 35.7 Å². The largest absolute Gasteiger partial charge is 0.395 e. The third-order valence-electron chi connectivity index (χ3n) is 22.7. The highest BCUT2D eigenvalue weighted by Crippen LogP contribution is 2.17. The molecule has 818 valence electrons. The molecular formula is C116H224N8O15. The number of nitrogens with one attached hydrogen (secondary N) is 3. The summed E-state index contributed by atoms with van der Waals surface area (Å²) in [5.74, 6) is 1.01. The highest BCUT2D eigenvalue weighted by molar-refractivity contribution is 5.78. The van der Waals surface area contributed by atoms with E-state index in [2.05, 4.69) is 131 Å². The fourth-order valence-corrected chi connectivity index (χ4v) is 14.0. The highest BCUT2D eigenvalue weighted by atomic mass is 16.3. The highest BCUT2D eigenvalue weighted by Gasteiger charge is 2.14. The van der Waals surface area contributed by atoms with Crippen molar-refractivity contribution in [2.75, 3.05) is 134 Å². The summed E-state index contributed by atoms with van der Waals surface area (Å²) >= 11 is 0. The van der Waals surface area contributed by atoms with Crippen LogP contribution in [-0.4, -0.2) is 242 Å². The summed E-state index contributed by atoms with van der Waals surface area (Å²) in [6, 6.07) is 0. The molecule has 8 amide bonds. The van der Waals surface area contributed by atoms with Gasteiger partial charge in [-0.1, -0.05) is 300 Å². The monoisotopic (exact) mass is 1970 g/mol. The Morgan fingerprint density at radius 1 is 0.209 bits per heavy atom. The molecule has 0 bridgehead atoms. The molecule has 10 N–H and O–H groups in total. The molecule has 23 nitrogen and oxygen atoms in total. The van der Waals surface area contributed by atoms with Gasteiger partial charge in [-0.25, -0.2) is 0 Å². The number of hydrogen-bond acceptors (Lipinski definition) is 15. The summed E-state index contributed by atoms with van der Waals surface area (Å²) < 4.78 is 0. The Kier molecular flexibility index (Phi) is 142. The Balaban J connectivity index is -0.000000236. The number of amides is 8. The second kappa shape index (κ2) is 133. The Hall–Kier alpha value is -6.60. The number of allylic oxidation sites excluding steroid dienone is 13. The van der Waals surface area contributed by atoms with Crippen LogP contribution in [0.25, 0.3) is 0 Å². The summed E-state index contributed by atoms with van der Waals surface area (Å²) in [6.07, 6.45) is 103. The molecule has 0 rings (SSSR count). The van der Waals surface area contributed by atoms with E-state index in [1.165, 1.54) is 254 Å². The van der Waals surface area contributed by atoms with Crippen molar-refractivity contribution in [3.8, 4) is 0 Å². The van der Waals surface area contributed by atoms with E-state index in [1.807, 2.05) is 60.5 Å². The summed E-state index contributed by atoms with van der Waals surface area (Å²) in [5.41, 5.74) is 0. The molecule has 0 aromatic heterocycles. The van der Waals surface area contributed by atoms with Gasteiger partial charge in [0.2, 0.25) is 47.3 Å². The van der Waals surface area contributed by atoms with Gasteiger partial charge >= 0.3 is 0 Å². The van der Waals surface area contributed by atoms with Crippen molar-refractivity contribution in [1.82, 2.24) is 40.4 Å². The third kappa shape index (κ3) is 140. The zero-order valence-corrected chi connectivity index (χ0v) is 92.0. The third-order valence-corrected chi connectivity index (χ3v) is 22.7. The topological polar surface area (TPSA) is 330 Å². The van der Waals surface area contributed by atoms with Crippen LogP contribution in [0.5, 0.6) is 0 Å². The number of rotatable bonds is 89. The van der Waals surface area contributed by atoms with Crippen molar-refractivity contribution in [1.29, 1.82) is 0 Å². The van der Waals surface area contributed by atoms with Crippen LogP contribution in [-0.2, 0) is 38.4 Å². The number of unbranched alkanes of at least 4 members (excludes halogenated alkanes) is 46. The van der Waals surface area contributed by atoms with Crippen LogP contribution in [0.4, 0.5) is 0 Å². The van der Waals surface area contributed by atoms with E-state index in [1.54, 1.807) is 14.7 Å². The molecule has 0 aliphatic carbocycles. The Morgan fingerprint density at radius 3 is 0.568 bits per heavy atom. The van der Waals surface area contributed by atoms with Gasteiger partial charge in [0.15, 0.2) is 0 Å². The fraction of sp³-hybridized carbons (Fsp3) is 0.793. The minimum Gasteiger partial charge on any atom is -0.395 e. The first-order valence-electron chi connectivity index (χ1n) is 55.8. The molecular weight excluding hydrogens is 1750 g/mol. The van der Waals surface area contributed by atoms with Crippen LogP contribution in [0.3, 0.4) is 0 Å². The van der Waals surface area contributed by atoms with E-state index in [-0.39, 0.29) is 93.5 Å².